The molecule has 1 saturated heterocycles. The number of benzene rings is 2. The molecule has 0 aliphatic carbocycles. The number of ether oxygens (including phenoxy) is 1. The van der Waals surface area contributed by atoms with Crippen molar-refractivity contribution >= 4 is 11.9 Å². The number of carbonyl (C=O) groups is 2. The fraction of sp³-hybridized carbons (Fsp3) is 0.263. The third-order valence-electron chi connectivity index (χ3n) is 4.29. The van der Waals surface area contributed by atoms with Crippen LogP contribution in [0.2, 0.25) is 0 Å². The monoisotopic (exact) mass is 309 g/mol. The highest BCUT2D eigenvalue weighted by molar-refractivity contribution is 5.92. The number of amides is 1. The van der Waals surface area contributed by atoms with E-state index in [1.54, 1.807) is 4.90 Å². The lowest BCUT2D eigenvalue weighted by Crippen LogP contribution is -2.38. The Morgan fingerprint density at radius 1 is 1.09 bits per heavy atom. The van der Waals surface area contributed by atoms with Gasteiger partial charge >= 0.3 is 5.97 Å². The van der Waals surface area contributed by atoms with Crippen LogP contribution in [0.25, 0.3) is 0 Å². The van der Waals surface area contributed by atoms with Gasteiger partial charge in [-0.3, -0.25) is 4.79 Å². The smallest absolute Gasteiger partial charge is 0.328 e. The molecule has 2 atom stereocenters. The molecule has 0 saturated carbocycles. The van der Waals surface area contributed by atoms with Crippen molar-refractivity contribution in [1.29, 1.82) is 0 Å². The van der Waals surface area contributed by atoms with Gasteiger partial charge < -0.3 is 9.64 Å². The lowest BCUT2D eigenvalue weighted by atomic mass is 9.96. The summed E-state index contributed by atoms with van der Waals surface area (Å²) in [6.45, 7) is 0.419. The lowest BCUT2D eigenvalue weighted by Gasteiger charge is -2.22. The van der Waals surface area contributed by atoms with Crippen molar-refractivity contribution in [3.05, 3.63) is 71.8 Å². The van der Waals surface area contributed by atoms with Crippen molar-refractivity contribution in [1.82, 2.24) is 4.90 Å². The number of esters is 1. The Labute approximate surface area is 135 Å². The minimum Gasteiger partial charge on any atom is -0.467 e. The highest BCUT2D eigenvalue weighted by Gasteiger charge is 2.44. The zero-order valence-corrected chi connectivity index (χ0v) is 13.0. The molecular formula is C19H19NO3. The molecular weight excluding hydrogens is 290 g/mol. The first kappa shape index (κ1) is 15.3. The molecule has 1 fully saturated rings. The fourth-order valence-corrected chi connectivity index (χ4v) is 3.10. The van der Waals surface area contributed by atoms with Gasteiger partial charge in [-0.05, 0) is 17.5 Å². The molecule has 4 nitrogen and oxygen atoms in total. The molecule has 1 heterocycles. The summed E-state index contributed by atoms with van der Waals surface area (Å²) in [4.78, 5) is 26.6. The highest BCUT2D eigenvalue weighted by Crippen LogP contribution is 2.34. The van der Waals surface area contributed by atoms with Crippen molar-refractivity contribution < 1.29 is 14.3 Å². The first-order valence-corrected chi connectivity index (χ1v) is 7.68. The molecule has 0 unspecified atom stereocenters. The summed E-state index contributed by atoms with van der Waals surface area (Å²) in [7, 11) is 1.36. The Morgan fingerprint density at radius 3 is 2.30 bits per heavy atom. The molecule has 4 heteroatoms. The Hall–Kier alpha value is -2.62. The van der Waals surface area contributed by atoms with E-state index in [-0.39, 0.29) is 17.8 Å². The first-order chi connectivity index (χ1) is 11.2. The van der Waals surface area contributed by atoms with Crippen molar-refractivity contribution in [3.63, 3.8) is 0 Å². The molecule has 118 valence electrons. The second-order valence-electron chi connectivity index (χ2n) is 5.69. The molecule has 2 aromatic rings. The molecule has 1 aliphatic heterocycles. The van der Waals surface area contributed by atoms with Crippen LogP contribution in [-0.4, -0.2) is 29.9 Å². The Kier molecular flexibility index (Phi) is 4.42. The van der Waals surface area contributed by atoms with Crippen LogP contribution < -0.4 is 0 Å². The Bertz CT molecular complexity index is 684. The van der Waals surface area contributed by atoms with Gasteiger partial charge in [0.1, 0.15) is 6.04 Å². The van der Waals surface area contributed by atoms with E-state index in [9.17, 15) is 9.59 Å². The summed E-state index contributed by atoms with van der Waals surface area (Å²) >= 11 is 0. The highest BCUT2D eigenvalue weighted by atomic mass is 16.5. The Morgan fingerprint density at radius 2 is 1.70 bits per heavy atom. The summed E-state index contributed by atoms with van der Waals surface area (Å²) in [5.41, 5.74) is 1.95. The van der Waals surface area contributed by atoms with Crippen LogP contribution in [0.15, 0.2) is 60.7 Å². The van der Waals surface area contributed by atoms with Crippen LogP contribution >= 0.6 is 0 Å². The third-order valence-corrected chi connectivity index (χ3v) is 4.29. The largest absolute Gasteiger partial charge is 0.467 e. The van der Waals surface area contributed by atoms with Crippen LogP contribution in [0.3, 0.4) is 0 Å². The molecule has 1 aliphatic rings. The van der Waals surface area contributed by atoms with Crippen LogP contribution in [0.4, 0.5) is 0 Å². The molecule has 0 aromatic heterocycles. The van der Waals surface area contributed by atoms with E-state index in [0.29, 0.717) is 13.0 Å². The average Bonchev–Trinajstić information content (AvgIpc) is 2.93. The van der Waals surface area contributed by atoms with Gasteiger partial charge in [-0.1, -0.05) is 60.7 Å². The van der Waals surface area contributed by atoms with Crippen LogP contribution in [0.1, 0.15) is 23.5 Å². The van der Waals surface area contributed by atoms with Gasteiger partial charge in [0.05, 0.1) is 13.0 Å². The molecule has 1 amide bonds. The zero-order chi connectivity index (χ0) is 16.2. The maximum absolute atomic E-state index is 12.9. The summed E-state index contributed by atoms with van der Waals surface area (Å²) < 4.78 is 4.90. The van der Waals surface area contributed by atoms with E-state index in [1.165, 1.54) is 7.11 Å². The fourth-order valence-electron chi connectivity index (χ4n) is 3.10. The molecule has 0 bridgehead atoms. The first-order valence-electron chi connectivity index (χ1n) is 7.68. The predicted octanol–water partition coefficient (Wildman–Crippen LogP) is 2.74. The number of rotatable bonds is 4. The van der Waals surface area contributed by atoms with Crippen molar-refractivity contribution in [2.45, 2.75) is 24.9 Å². The van der Waals surface area contributed by atoms with Gasteiger partial charge in [-0.15, -0.1) is 0 Å². The molecule has 3 rings (SSSR count). The average molecular weight is 309 g/mol. The minimum atomic E-state index is -0.530. The molecule has 23 heavy (non-hydrogen) atoms. The standard InChI is InChI=1S/C19H19NO3/c1-23-19(22)17-12-16(15-10-6-3-7-11-15)18(21)20(17)13-14-8-4-2-5-9-14/h2-11,16-17H,12-13H2,1H3/t16-,17+/m1/s1. The lowest BCUT2D eigenvalue weighted by molar-refractivity contribution is -0.149. The van der Waals surface area contributed by atoms with Crippen molar-refractivity contribution in [2.75, 3.05) is 7.11 Å². The molecule has 0 N–H and O–H groups in total. The van der Waals surface area contributed by atoms with E-state index in [2.05, 4.69) is 0 Å². The van der Waals surface area contributed by atoms with Gasteiger partial charge in [0.15, 0.2) is 0 Å². The summed E-state index contributed by atoms with van der Waals surface area (Å²) in [5, 5.41) is 0. The third kappa shape index (κ3) is 3.11. The van der Waals surface area contributed by atoms with E-state index < -0.39 is 6.04 Å². The molecule has 2 aromatic carbocycles. The van der Waals surface area contributed by atoms with Crippen LogP contribution in [0.5, 0.6) is 0 Å². The van der Waals surface area contributed by atoms with Gasteiger partial charge in [0, 0.05) is 6.54 Å². The van der Waals surface area contributed by atoms with Crippen molar-refractivity contribution in [2.24, 2.45) is 0 Å². The number of hydrogen-bond acceptors (Lipinski definition) is 3. The second kappa shape index (κ2) is 6.65. The topological polar surface area (TPSA) is 46.6 Å². The van der Waals surface area contributed by atoms with E-state index >= 15 is 0 Å². The minimum absolute atomic E-state index is 0.0181. The Balaban J connectivity index is 1.88. The number of hydrogen-bond donors (Lipinski definition) is 0. The predicted molar refractivity (Wildman–Crippen MR) is 86.6 cm³/mol. The van der Waals surface area contributed by atoms with Crippen LogP contribution in [0, 0.1) is 0 Å². The summed E-state index contributed by atoms with van der Waals surface area (Å²) in [5.74, 6) is -0.660. The van der Waals surface area contributed by atoms with Gasteiger partial charge in [0.2, 0.25) is 5.91 Å². The van der Waals surface area contributed by atoms with Crippen molar-refractivity contribution in [3.8, 4) is 0 Å². The van der Waals surface area contributed by atoms with Crippen LogP contribution in [-0.2, 0) is 20.9 Å². The quantitative estimate of drug-likeness (QED) is 0.816. The molecule has 0 radical (unpaired) electrons. The van der Waals surface area contributed by atoms with E-state index in [4.69, 9.17) is 4.74 Å². The maximum atomic E-state index is 12.9. The molecule has 0 spiro atoms. The van der Waals surface area contributed by atoms with Gasteiger partial charge in [0.25, 0.3) is 0 Å². The van der Waals surface area contributed by atoms with E-state index in [1.807, 2.05) is 60.7 Å². The summed E-state index contributed by atoms with van der Waals surface area (Å²) in [6, 6.07) is 18.8. The number of carbonyl (C=O) groups excluding carboxylic acids is 2. The zero-order valence-electron chi connectivity index (χ0n) is 13.0. The van der Waals surface area contributed by atoms with E-state index in [0.717, 1.165) is 11.1 Å². The SMILES string of the molecule is COC(=O)[C@@H]1C[C@H](c2ccccc2)C(=O)N1Cc1ccccc1. The van der Waals surface area contributed by atoms with Gasteiger partial charge in [-0.2, -0.15) is 0 Å². The number of nitrogens with zero attached hydrogens (tertiary/aromatic N) is 1. The number of methoxy groups -OCH3 is 1. The summed E-state index contributed by atoms with van der Waals surface area (Å²) in [6.07, 6.45) is 0.461. The van der Waals surface area contributed by atoms with Gasteiger partial charge in [-0.25, -0.2) is 4.79 Å². The normalized spacial score (nSPS) is 20.6. The number of likely N-dealkylation sites (tertiary alicyclic amines) is 1. The maximum Gasteiger partial charge on any atom is 0.328 e. The second-order valence-corrected chi connectivity index (χ2v) is 5.69.